The van der Waals surface area contributed by atoms with Crippen molar-refractivity contribution in [2.24, 2.45) is 0 Å². The first-order valence-corrected chi connectivity index (χ1v) is 13.7. The fraction of sp³-hybridized carbons (Fsp3) is 0.621. The van der Waals surface area contributed by atoms with Gasteiger partial charge in [0.25, 0.3) is 0 Å². The Hall–Kier alpha value is -3.55. The smallest absolute Gasteiger partial charge is 0.330 e. The summed E-state index contributed by atoms with van der Waals surface area (Å²) in [5, 5.41) is 6.02. The predicted molar refractivity (Wildman–Crippen MR) is 145 cm³/mol. The number of carbonyl (C=O) groups is 5. The third-order valence-electron chi connectivity index (χ3n) is 6.58. The number of rotatable bonds is 8. The molecule has 2 fully saturated rings. The summed E-state index contributed by atoms with van der Waals surface area (Å²) in [4.78, 5) is 62.5. The molecule has 232 valence electrons. The molecule has 13 nitrogen and oxygen atoms in total. The van der Waals surface area contributed by atoms with Crippen molar-refractivity contribution in [3.8, 4) is 0 Å². The molecule has 2 aliphatic rings. The summed E-state index contributed by atoms with van der Waals surface area (Å²) in [6, 6.07) is 7.00. The average molecular weight is 593 g/mol. The highest BCUT2D eigenvalue weighted by Gasteiger charge is 2.58. The lowest BCUT2D eigenvalue weighted by Crippen LogP contribution is -2.77. The number of nitrogens with one attached hydrogen (secondary N) is 2. The van der Waals surface area contributed by atoms with Crippen LogP contribution in [-0.2, 0) is 52.4 Å². The van der Waals surface area contributed by atoms with E-state index in [1.165, 1.54) is 27.7 Å². The lowest BCUT2D eigenvalue weighted by molar-refractivity contribution is -0.273. The highest BCUT2D eigenvalue weighted by molar-refractivity contribution is 5.83. The van der Waals surface area contributed by atoms with E-state index in [9.17, 15) is 24.0 Å². The zero-order valence-corrected chi connectivity index (χ0v) is 25.0. The van der Waals surface area contributed by atoms with Crippen LogP contribution in [-0.4, -0.2) is 84.5 Å². The quantitative estimate of drug-likeness (QED) is 0.330. The third-order valence-corrected chi connectivity index (χ3v) is 6.58. The monoisotopic (exact) mass is 592 g/mol. The standard InChI is InChI=1S/C29H40N2O11/c1-16(32)30-23-21(39-18(3)34)13-29(15-38-17(2)33,27(36)42-28(5,6)7)31-24(23)25-22(40-19(4)35)14-37-26(41-25)20-11-9-8-10-12-20/h8-12,21-26,31H,13-15H2,1-7H3,(H,30,32)/t21-,22+,23+,24+,25+,26+,29-/m0/s1. The van der Waals surface area contributed by atoms with Gasteiger partial charge in [0.2, 0.25) is 5.91 Å². The van der Waals surface area contributed by atoms with Crippen LogP contribution in [0.5, 0.6) is 0 Å². The van der Waals surface area contributed by atoms with E-state index in [-0.39, 0.29) is 13.0 Å². The molecule has 2 saturated heterocycles. The van der Waals surface area contributed by atoms with Gasteiger partial charge in [-0.2, -0.15) is 0 Å². The predicted octanol–water partition coefficient (Wildman–Crippen LogP) is 1.47. The summed E-state index contributed by atoms with van der Waals surface area (Å²) in [5.74, 6) is -3.18. The second-order valence-electron chi connectivity index (χ2n) is 11.4. The van der Waals surface area contributed by atoms with Crippen LogP contribution in [0.1, 0.15) is 66.7 Å². The number of ether oxygens (including phenoxy) is 6. The van der Waals surface area contributed by atoms with Gasteiger partial charge >= 0.3 is 23.9 Å². The zero-order valence-electron chi connectivity index (χ0n) is 25.0. The Morgan fingerprint density at radius 3 is 2.12 bits per heavy atom. The molecule has 0 aliphatic carbocycles. The van der Waals surface area contributed by atoms with Crippen LogP contribution in [0.2, 0.25) is 0 Å². The first kappa shape index (κ1) is 33.0. The van der Waals surface area contributed by atoms with Gasteiger partial charge in [-0.25, -0.2) is 4.79 Å². The van der Waals surface area contributed by atoms with Gasteiger partial charge in [-0.05, 0) is 20.8 Å². The largest absolute Gasteiger partial charge is 0.463 e. The van der Waals surface area contributed by atoms with Gasteiger partial charge < -0.3 is 33.7 Å². The zero-order chi connectivity index (χ0) is 31.2. The van der Waals surface area contributed by atoms with Crippen LogP contribution < -0.4 is 10.6 Å². The van der Waals surface area contributed by atoms with Crippen LogP contribution in [0, 0.1) is 0 Å². The van der Waals surface area contributed by atoms with Crippen molar-refractivity contribution in [2.75, 3.05) is 13.2 Å². The van der Waals surface area contributed by atoms with Crippen LogP contribution in [0.15, 0.2) is 30.3 Å². The summed E-state index contributed by atoms with van der Waals surface area (Å²) < 4.78 is 34.5. The van der Waals surface area contributed by atoms with Crippen molar-refractivity contribution in [1.82, 2.24) is 10.6 Å². The summed E-state index contributed by atoms with van der Waals surface area (Å²) in [7, 11) is 0. The Kier molecular flexibility index (Phi) is 10.7. The molecule has 0 bridgehead atoms. The molecule has 2 N–H and O–H groups in total. The van der Waals surface area contributed by atoms with Crippen molar-refractivity contribution in [3.05, 3.63) is 35.9 Å². The van der Waals surface area contributed by atoms with Crippen molar-refractivity contribution < 1.29 is 52.4 Å². The van der Waals surface area contributed by atoms with Gasteiger partial charge in [0.1, 0.15) is 24.4 Å². The van der Waals surface area contributed by atoms with Gasteiger partial charge in [-0.1, -0.05) is 30.3 Å². The Morgan fingerprint density at radius 1 is 0.952 bits per heavy atom. The highest BCUT2D eigenvalue weighted by Crippen LogP contribution is 2.36. The van der Waals surface area contributed by atoms with E-state index >= 15 is 0 Å². The molecule has 0 unspecified atom stereocenters. The van der Waals surface area contributed by atoms with E-state index in [1.807, 2.05) is 6.07 Å². The maximum Gasteiger partial charge on any atom is 0.330 e. The molecule has 2 heterocycles. The Balaban J connectivity index is 2.16. The fourth-order valence-electron chi connectivity index (χ4n) is 5.07. The van der Waals surface area contributed by atoms with Gasteiger partial charge in [0.15, 0.2) is 17.9 Å². The Bertz CT molecular complexity index is 1150. The van der Waals surface area contributed by atoms with Gasteiger partial charge in [-0.3, -0.25) is 24.5 Å². The Labute approximate surface area is 244 Å². The molecule has 1 amide bonds. The molecule has 7 atom stereocenters. The van der Waals surface area contributed by atoms with Gasteiger partial charge in [-0.15, -0.1) is 0 Å². The highest BCUT2D eigenvalue weighted by atomic mass is 16.7. The minimum Gasteiger partial charge on any atom is -0.463 e. The van der Waals surface area contributed by atoms with Crippen molar-refractivity contribution in [2.45, 2.75) is 103 Å². The molecule has 0 radical (unpaired) electrons. The molecule has 42 heavy (non-hydrogen) atoms. The van der Waals surface area contributed by atoms with E-state index in [2.05, 4.69) is 10.6 Å². The van der Waals surface area contributed by atoms with Crippen LogP contribution >= 0.6 is 0 Å². The van der Waals surface area contributed by atoms with E-state index < -0.39 is 84.2 Å². The molecule has 3 rings (SSSR count). The minimum atomic E-state index is -1.75. The number of hydrogen-bond acceptors (Lipinski definition) is 12. The summed E-state index contributed by atoms with van der Waals surface area (Å²) in [6.45, 7) is 9.37. The van der Waals surface area contributed by atoms with Gasteiger partial charge in [0, 0.05) is 39.7 Å². The van der Waals surface area contributed by atoms with Gasteiger partial charge in [0.05, 0.1) is 18.7 Å². The molecule has 1 aromatic carbocycles. The molecule has 0 saturated carbocycles. The third kappa shape index (κ3) is 8.73. The number of carbonyl (C=O) groups excluding carboxylic acids is 5. The van der Waals surface area contributed by atoms with Crippen LogP contribution in [0.3, 0.4) is 0 Å². The average Bonchev–Trinajstić information content (AvgIpc) is 2.87. The van der Waals surface area contributed by atoms with E-state index in [0.29, 0.717) is 5.56 Å². The van der Waals surface area contributed by atoms with Crippen LogP contribution in [0.25, 0.3) is 0 Å². The lowest BCUT2D eigenvalue weighted by Gasteiger charge is -2.51. The molecular weight excluding hydrogens is 552 g/mol. The number of hydrogen-bond donors (Lipinski definition) is 2. The molecule has 2 aliphatic heterocycles. The second kappa shape index (κ2) is 13.6. The molecule has 1 aromatic rings. The summed E-state index contributed by atoms with van der Waals surface area (Å²) in [6.07, 6.45) is -4.29. The first-order chi connectivity index (χ1) is 19.6. The molecular formula is C29H40N2O11. The second-order valence-corrected chi connectivity index (χ2v) is 11.4. The SMILES string of the molecule is CC(=O)N[C@H]1[C@H]([C@@H]2O[C@H](c3ccccc3)OC[C@H]2OC(C)=O)N[C@@](COC(C)=O)(C(=O)OC(C)(C)C)C[C@@H]1OC(C)=O. The summed E-state index contributed by atoms with van der Waals surface area (Å²) in [5.41, 5.74) is -2.01. The normalized spacial score (nSPS) is 29.5. The Morgan fingerprint density at radius 2 is 1.57 bits per heavy atom. The van der Waals surface area contributed by atoms with E-state index in [4.69, 9.17) is 28.4 Å². The van der Waals surface area contributed by atoms with Crippen molar-refractivity contribution >= 4 is 29.8 Å². The van der Waals surface area contributed by atoms with Crippen molar-refractivity contribution in [3.63, 3.8) is 0 Å². The van der Waals surface area contributed by atoms with Crippen LogP contribution in [0.4, 0.5) is 0 Å². The topological polar surface area (TPSA) is 165 Å². The van der Waals surface area contributed by atoms with E-state index in [0.717, 1.165) is 0 Å². The number of piperidine rings is 1. The first-order valence-electron chi connectivity index (χ1n) is 13.7. The number of esters is 4. The van der Waals surface area contributed by atoms with E-state index in [1.54, 1.807) is 45.0 Å². The lowest BCUT2D eigenvalue weighted by atomic mass is 9.78. The number of amides is 1. The number of benzene rings is 1. The maximum atomic E-state index is 13.8. The minimum absolute atomic E-state index is 0.0869. The molecule has 0 spiro atoms. The fourth-order valence-corrected chi connectivity index (χ4v) is 5.07. The molecule has 0 aromatic heterocycles. The summed E-state index contributed by atoms with van der Waals surface area (Å²) >= 11 is 0. The molecule has 13 heteroatoms. The van der Waals surface area contributed by atoms with Crippen molar-refractivity contribution in [1.29, 1.82) is 0 Å². The maximum absolute atomic E-state index is 13.8.